The first kappa shape index (κ1) is 22.9. The summed E-state index contributed by atoms with van der Waals surface area (Å²) in [5.41, 5.74) is 9.48. The summed E-state index contributed by atoms with van der Waals surface area (Å²) in [7, 11) is 0. The van der Waals surface area contributed by atoms with Gasteiger partial charge in [0.25, 0.3) is 0 Å². The normalized spacial score (nSPS) is 12.2. The second-order valence-corrected chi connectivity index (χ2v) is 11.0. The zero-order valence-corrected chi connectivity index (χ0v) is 22.3. The van der Waals surface area contributed by atoms with Crippen molar-refractivity contribution in [1.82, 2.24) is 19.4 Å². The van der Waals surface area contributed by atoms with Crippen molar-refractivity contribution in [2.75, 3.05) is 0 Å². The van der Waals surface area contributed by atoms with Crippen molar-refractivity contribution in [3.8, 4) is 11.3 Å². The molecule has 0 amide bonds. The summed E-state index contributed by atoms with van der Waals surface area (Å²) in [6.45, 7) is 4.59. The van der Waals surface area contributed by atoms with Crippen LogP contribution in [0.2, 0.25) is 0 Å². The molecule has 4 aromatic carbocycles. The van der Waals surface area contributed by atoms with Gasteiger partial charge in [-0.15, -0.1) is 0 Å². The van der Waals surface area contributed by atoms with E-state index in [1.54, 1.807) is 0 Å². The van der Waals surface area contributed by atoms with Crippen molar-refractivity contribution < 1.29 is 0 Å². The number of hydrogen-bond acceptors (Lipinski definition) is 3. The Labute approximate surface area is 231 Å². The number of pyridine rings is 3. The van der Waals surface area contributed by atoms with Crippen molar-refractivity contribution >= 4 is 49.3 Å². The summed E-state index contributed by atoms with van der Waals surface area (Å²) in [5.74, 6) is 0. The predicted octanol–water partition coefficient (Wildman–Crippen LogP) is 8.73. The number of rotatable bonds is 3. The number of nitrogens with zero attached hydrogens (tertiary/aromatic N) is 4. The maximum atomic E-state index is 4.99. The van der Waals surface area contributed by atoms with Crippen LogP contribution >= 0.6 is 0 Å². The van der Waals surface area contributed by atoms with Gasteiger partial charge in [0.05, 0.1) is 27.8 Å². The first-order valence-corrected chi connectivity index (χ1v) is 13.6. The van der Waals surface area contributed by atoms with Gasteiger partial charge >= 0.3 is 0 Å². The van der Waals surface area contributed by atoms with E-state index < -0.39 is 0 Å². The van der Waals surface area contributed by atoms with Gasteiger partial charge in [0.15, 0.2) is 0 Å². The van der Waals surface area contributed by atoms with E-state index >= 15 is 0 Å². The fraction of sp³-hybridized carbons (Fsp3) is 0.0833. The molecule has 4 heterocycles. The number of aromatic nitrogens is 4. The minimum Gasteiger partial charge on any atom is -0.292 e. The third-order valence-electron chi connectivity index (χ3n) is 8.33. The quantitative estimate of drug-likeness (QED) is 0.221. The minimum absolute atomic E-state index is 0.242. The molecule has 4 aromatic heterocycles. The lowest BCUT2D eigenvalue weighted by atomic mass is 9.77. The molecule has 0 N–H and O–H groups in total. The molecule has 0 saturated heterocycles. The average molecular weight is 515 g/mol. The zero-order chi connectivity index (χ0) is 26.8. The van der Waals surface area contributed by atoms with Crippen molar-refractivity contribution in [1.29, 1.82) is 0 Å². The number of imidazole rings is 1. The summed E-state index contributed by atoms with van der Waals surface area (Å²) in [6, 6.07) is 38.6. The lowest BCUT2D eigenvalue weighted by molar-refractivity contribution is 0.642. The largest absolute Gasteiger partial charge is 0.292 e. The highest BCUT2D eigenvalue weighted by Gasteiger charge is 2.25. The standard InChI is InChI=1S/C36H26N4/c1-36(2,26-12-7-11-24(19-26)31-20-23-9-3-4-10-25(23)22-38-31)27-16-17-32-29(21-27)34-28(13-8-18-37-34)35-39-30-14-5-6-15-33(30)40(32)35/h3-22H,1-2H3. The van der Waals surface area contributed by atoms with Gasteiger partial charge in [-0.05, 0) is 65.0 Å². The Morgan fingerprint density at radius 1 is 0.625 bits per heavy atom. The first-order valence-electron chi connectivity index (χ1n) is 13.6. The summed E-state index contributed by atoms with van der Waals surface area (Å²) in [6.07, 6.45) is 3.84. The highest BCUT2D eigenvalue weighted by atomic mass is 15.0. The molecular formula is C36H26N4. The molecule has 0 aliphatic carbocycles. The van der Waals surface area contributed by atoms with Crippen LogP contribution in [0.25, 0.3) is 60.5 Å². The summed E-state index contributed by atoms with van der Waals surface area (Å²) < 4.78 is 2.28. The molecule has 4 nitrogen and oxygen atoms in total. The van der Waals surface area contributed by atoms with Crippen LogP contribution in [0.15, 0.2) is 122 Å². The zero-order valence-electron chi connectivity index (χ0n) is 22.3. The van der Waals surface area contributed by atoms with Crippen molar-refractivity contribution in [3.63, 3.8) is 0 Å². The van der Waals surface area contributed by atoms with Crippen LogP contribution in [0.5, 0.6) is 0 Å². The van der Waals surface area contributed by atoms with Crippen LogP contribution in [0.4, 0.5) is 0 Å². The number of benzene rings is 4. The fourth-order valence-corrected chi connectivity index (χ4v) is 6.04. The average Bonchev–Trinajstić information content (AvgIpc) is 3.41. The fourth-order valence-electron chi connectivity index (χ4n) is 6.04. The molecule has 190 valence electrons. The molecular weight excluding hydrogens is 488 g/mol. The highest BCUT2D eigenvalue weighted by molar-refractivity contribution is 6.12. The highest BCUT2D eigenvalue weighted by Crippen LogP contribution is 2.38. The maximum absolute atomic E-state index is 4.99. The number of para-hydroxylation sites is 2. The molecule has 0 aliphatic rings. The molecule has 0 unspecified atom stereocenters. The van der Waals surface area contributed by atoms with Crippen LogP contribution in [0, 0.1) is 0 Å². The van der Waals surface area contributed by atoms with Gasteiger partial charge in [0, 0.05) is 39.5 Å². The molecule has 8 rings (SSSR count). The van der Waals surface area contributed by atoms with Gasteiger partial charge < -0.3 is 0 Å². The smallest absolute Gasteiger partial charge is 0.147 e. The summed E-state index contributed by atoms with van der Waals surface area (Å²) in [4.78, 5) is 14.6. The van der Waals surface area contributed by atoms with Crippen molar-refractivity contribution in [2.24, 2.45) is 0 Å². The lowest BCUT2D eigenvalue weighted by Gasteiger charge is -2.27. The predicted molar refractivity (Wildman–Crippen MR) is 165 cm³/mol. The van der Waals surface area contributed by atoms with Crippen molar-refractivity contribution in [3.05, 3.63) is 133 Å². The van der Waals surface area contributed by atoms with E-state index in [4.69, 9.17) is 15.0 Å². The summed E-state index contributed by atoms with van der Waals surface area (Å²) >= 11 is 0. The van der Waals surface area contributed by atoms with Crippen molar-refractivity contribution in [2.45, 2.75) is 19.3 Å². The van der Waals surface area contributed by atoms with Crippen LogP contribution < -0.4 is 0 Å². The van der Waals surface area contributed by atoms with Gasteiger partial charge in [-0.3, -0.25) is 14.4 Å². The van der Waals surface area contributed by atoms with E-state index in [1.165, 1.54) is 16.5 Å². The molecule has 0 atom stereocenters. The van der Waals surface area contributed by atoms with Gasteiger partial charge in [0.1, 0.15) is 5.65 Å². The Kier molecular flexibility index (Phi) is 4.83. The van der Waals surface area contributed by atoms with E-state index in [2.05, 4.69) is 115 Å². The molecule has 0 saturated carbocycles. The minimum atomic E-state index is -0.242. The summed E-state index contributed by atoms with van der Waals surface area (Å²) in [5, 5.41) is 4.54. The van der Waals surface area contributed by atoms with E-state index in [9.17, 15) is 0 Å². The molecule has 8 aromatic rings. The van der Waals surface area contributed by atoms with E-state index in [0.29, 0.717) is 0 Å². The van der Waals surface area contributed by atoms with Gasteiger partial charge in [-0.25, -0.2) is 4.98 Å². The third kappa shape index (κ3) is 3.36. The van der Waals surface area contributed by atoms with Crippen LogP contribution in [-0.2, 0) is 5.41 Å². The molecule has 4 heteroatoms. The molecule has 0 spiro atoms. The van der Waals surface area contributed by atoms with Crippen LogP contribution in [0.1, 0.15) is 25.0 Å². The SMILES string of the molecule is CC(C)(c1cccc(-c2cc3ccccc3cn2)c1)c1ccc2c(c1)c1ncccc1c1nc3ccccc3n21. The van der Waals surface area contributed by atoms with E-state index in [-0.39, 0.29) is 5.41 Å². The Hall–Kier alpha value is -5.09. The molecule has 0 aliphatic heterocycles. The molecule has 0 radical (unpaired) electrons. The lowest BCUT2D eigenvalue weighted by Crippen LogP contribution is -2.19. The monoisotopic (exact) mass is 514 g/mol. The first-order chi connectivity index (χ1) is 19.6. The number of hydrogen-bond donors (Lipinski definition) is 0. The van der Waals surface area contributed by atoms with Gasteiger partial charge in [-0.1, -0.05) is 74.5 Å². The second kappa shape index (κ2) is 8.45. The Bertz CT molecular complexity index is 2260. The van der Waals surface area contributed by atoms with E-state index in [0.717, 1.165) is 55.1 Å². The Balaban J connectivity index is 1.31. The second-order valence-electron chi connectivity index (χ2n) is 11.0. The molecule has 0 bridgehead atoms. The topological polar surface area (TPSA) is 43.1 Å². The molecule has 0 fully saturated rings. The Morgan fingerprint density at radius 3 is 2.38 bits per heavy atom. The van der Waals surface area contributed by atoms with Crippen LogP contribution in [0.3, 0.4) is 0 Å². The van der Waals surface area contributed by atoms with Gasteiger partial charge in [-0.2, -0.15) is 0 Å². The number of fused-ring (bicyclic) bond motifs is 9. The van der Waals surface area contributed by atoms with Gasteiger partial charge in [0.2, 0.25) is 0 Å². The maximum Gasteiger partial charge on any atom is 0.147 e. The molecule has 40 heavy (non-hydrogen) atoms. The Morgan fingerprint density at radius 2 is 1.45 bits per heavy atom. The third-order valence-corrected chi connectivity index (χ3v) is 8.33. The van der Waals surface area contributed by atoms with Crippen LogP contribution in [-0.4, -0.2) is 19.4 Å². The van der Waals surface area contributed by atoms with E-state index in [1.807, 2.05) is 24.5 Å².